The standard InChI is InChI=1S/C13H12BrClN2O/c14-12-7-10(15)1-2-11(12)13(18)17-5-3-9(8-16)4-6-17/h1-2,7,9H,3-6H2. The highest BCUT2D eigenvalue weighted by Gasteiger charge is 2.24. The van der Waals surface area contributed by atoms with E-state index in [1.54, 1.807) is 23.1 Å². The zero-order valence-corrected chi connectivity index (χ0v) is 12.0. The number of benzene rings is 1. The van der Waals surface area contributed by atoms with Gasteiger partial charge in [0.2, 0.25) is 0 Å². The Kier molecular flexibility index (Phi) is 4.26. The minimum atomic E-state index is -0.00469. The molecule has 0 unspecified atom stereocenters. The van der Waals surface area contributed by atoms with Crippen molar-refractivity contribution >= 4 is 33.4 Å². The predicted octanol–water partition coefficient (Wildman–Crippen LogP) is 3.48. The first-order chi connectivity index (χ1) is 8.61. The number of nitrogens with zero attached hydrogens (tertiary/aromatic N) is 2. The maximum Gasteiger partial charge on any atom is 0.255 e. The molecule has 1 aromatic carbocycles. The number of amides is 1. The Morgan fingerprint density at radius 1 is 1.44 bits per heavy atom. The first-order valence-corrected chi connectivity index (χ1v) is 6.93. The SMILES string of the molecule is N#CC1CCN(C(=O)c2ccc(Cl)cc2Br)CC1. The molecule has 0 spiro atoms. The smallest absolute Gasteiger partial charge is 0.255 e. The van der Waals surface area contributed by atoms with Gasteiger partial charge in [-0.3, -0.25) is 4.79 Å². The van der Waals surface area contributed by atoms with Crippen molar-refractivity contribution in [1.82, 2.24) is 4.90 Å². The van der Waals surface area contributed by atoms with Gasteiger partial charge in [-0.05, 0) is 47.0 Å². The summed E-state index contributed by atoms with van der Waals surface area (Å²) in [5.41, 5.74) is 0.620. The molecule has 1 aromatic rings. The van der Waals surface area contributed by atoms with Crippen LogP contribution in [-0.4, -0.2) is 23.9 Å². The summed E-state index contributed by atoms with van der Waals surface area (Å²) in [7, 11) is 0. The van der Waals surface area contributed by atoms with Crippen molar-refractivity contribution in [2.45, 2.75) is 12.8 Å². The van der Waals surface area contributed by atoms with Crippen LogP contribution in [0, 0.1) is 17.2 Å². The molecule has 0 N–H and O–H groups in total. The first kappa shape index (κ1) is 13.4. The summed E-state index contributed by atoms with van der Waals surface area (Å²) in [4.78, 5) is 14.1. The molecule has 1 aliphatic heterocycles. The molecule has 94 valence electrons. The number of hydrogen-bond acceptors (Lipinski definition) is 2. The van der Waals surface area contributed by atoms with E-state index in [9.17, 15) is 4.79 Å². The summed E-state index contributed by atoms with van der Waals surface area (Å²) in [6, 6.07) is 7.41. The van der Waals surface area contributed by atoms with Crippen molar-refractivity contribution < 1.29 is 4.79 Å². The predicted molar refractivity (Wildman–Crippen MR) is 73.4 cm³/mol. The van der Waals surface area contributed by atoms with Gasteiger partial charge in [0.1, 0.15) is 0 Å². The minimum Gasteiger partial charge on any atom is -0.339 e. The van der Waals surface area contributed by atoms with Gasteiger partial charge in [0.15, 0.2) is 0 Å². The fraction of sp³-hybridized carbons (Fsp3) is 0.385. The second-order valence-electron chi connectivity index (χ2n) is 4.32. The van der Waals surface area contributed by atoms with Gasteiger partial charge in [-0.15, -0.1) is 0 Å². The molecule has 0 saturated carbocycles. The Hall–Kier alpha value is -1.05. The van der Waals surface area contributed by atoms with Gasteiger partial charge in [-0.25, -0.2) is 0 Å². The molecular formula is C13H12BrClN2O. The molecule has 3 nitrogen and oxygen atoms in total. The van der Waals surface area contributed by atoms with Crippen molar-refractivity contribution in [3.63, 3.8) is 0 Å². The highest BCUT2D eigenvalue weighted by molar-refractivity contribution is 9.10. The fourth-order valence-electron chi connectivity index (χ4n) is 2.04. The Morgan fingerprint density at radius 3 is 2.67 bits per heavy atom. The van der Waals surface area contributed by atoms with Crippen molar-refractivity contribution in [3.8, 4) is 6.07 Å². The van der Waals surface area contributed by atoms with Gasteiger partial charge in [0, 0.05) is 28.5 Å². The monoisotopic (exact) mass is 326 g/mol. The molecule has 0 bridgehead atoms. The minimum absolute atomic E-state index is 0.00469. The van der Waals surface area contributed by atoms with Crippen LogP contribution in [0.4, 0.5) is 0 Å². The quantitative estimate of drug-likeness (QED) is 0.792. The highest BCUT2D eigenvalue weighted by Crippen LogP contribution is 2.25. The molecule has 1 heterocycles. The largest absolute Gasteiger partial charge is 0.339 e. The van der Waals surface area contributed by atoms with E-state index >= 15 is 0 Å². The molecule has 1 saturated heterocycles. The van der Waals surface area contributed by atoms with Gasteiger partial charge >= 0.3 is 0 Å². The average Bonchev–Trinajstić information content (AvgIpc) is 2.38. The number of piperidine rings is 1. The van der Waals surface area contributed by atoms with Crippen molar-refractivity contribution in [3.05, 3.63) is 33.3 Å². The maximum atomic E-state index is 12.3. The molecule has 18 heavy (non-hydrogen) atoms. The van der Waals surface area contributed by atoms with Gasteiger partial charge in [0.05, 0.1) is 11.6 Å². The number of likely N-dealkylation sites (tertiary alicyclic amines) is 1. The average molecular weight is 328 g/mol. The highest BCUT2D eigenvalue weighted by atomic mass is 79.9. The van der Waals surface area contributed by atoms with Crippen LogP contribution in [0.5, 0.6) is 0 Å². The summed E-state index contributed by atoms with van der Waals surface area (Å²) >= 11 is 9.21. The first-order valence-electron chi connectivity index (χ1n) is 5.75. The van der Waals surface area contributed by atoms with E-state index < -0.39 is 0 Å². The van der Waals surface area contributed by atoms with Gasteiger partial charge < -0.3 is 4.90 Å². The lowest BCUT2D eigenvalue weighted by molar-refractivity contribution is 0.0706. The van der Waals surface area contributed by atoms with E-state index in [4.69, 9.17) is 16.9 Å². The Labute approximate surface area is 119 Å². The van der Waals surface area contributed by atoms with E-state index in [1.807, 2.05) is 0 Å². The van der Waals surface area contributed by atoms with Crippen LogP contribution in [0.2, 0.25) is 5.02 Å². The lowest BCUT2D eigenvalue weighted by Crippen LogP contribution is -2.38. The van der Waals surface area contributed by atoms with E-state index in [0.717, 1.165) is 12.8 Å². The summed E-state index contributed by atoms with van der Waals surface area (Å²) in [5, 5.41) is 9.43. The van der Waals surface area contributed by atoms with Crippen LogP contribution in [0.1, 0.15) is 23.2 Å². The van der Waals surface area contributed by atoms with Crippen LogP contribution in [0.15, 0.2) is 22.7 Å². The lowest BCUT2D eigenvalue weighted by atomic mass is 9.98. The van der Waals surface area contributed by atoms with E-state index in [0.29, 0.717) is 28.1 Å². The van der Waals surface area contributed by atoms with E-state index in [-0.39, 0.29) is 11.8 Å². The molecule has 5 heteroatoms. The molecule has 1 fully saturated rings. The zero-order chi connectivity index (χ0) is 13.1. The Morgan fingerprint density at radius 2 is 2.11 bits per heavy atom. The van der Waals surface area contributed by atoms with Crippen LogP contribution >= 0.6 is 27.5 Å². The van der Waals surface area contributed by atoms with E-state index in [1.165, 1.54) is 0 Å². The second kappa shape index (κ2) is 5.73. The molecule has 1 amide bonds. The number of carbonyl (C=O) groups is 1. The van der Waals surface area contributed by atoms with Crippen LogP contribution in [-0.2, 0) is 0 Å². The van der Waals surface area contributed by atoms with Gasteiger partial charge in [-0.2, -0.15) is 5.26 Å². The number of carbonyl (C=O) groups excluding carboxylic acids is 1. The van der Waals surface area contributed by atoms with Gasteiger partial charge in [0.25, 0.3) is 5.91 Å². The molecule has 2 rings (SSSR count). The lowest BCUT2D eigenvalue weighted by Gasteiger charge is -2.29. The fourth-order valence-corrected chi connectivity index (χ4v) is 2.90. The summed E-state index contributed by atoms with van der Waals surface area (Å²) in [6.45, 7) is 1.29. The summed E-state index contributed by atoms with van der Waals surface area (Å²) < 4.78 is 0.711. The molecule has 0 radical (unpaired) electrons. The third-order valence-electron chi connectivity index (χ3n) is 3.13. The van der Waals surface area contributed by atoms with E-state index in [2.05, 4.69) is 22.0 Å². The molecular weight excluding hydrogens is 316 g/mol. The summed E-state index contributed by atoms with van der Waals surface area (Å²) in [6.07, 6.45) is 1.51. The second-order valence-corrected chi connectivity index (χ2v) is 5.61. The van der Waals surface area contributed by atoms with Crippen LogP contribution in [0.3, 0.4) is 0 Å². The third kappa shape index (κ3) is 2.85. The zero-order valence-electron chi connectivity index (χ0n) is 9.70. The molecule has 0 aromatic heterocycles. The van der Waals surface area contributed by atoms with Crippen molar-refractivity contribution in [2.24, 2.45) is 5.92 Å². The number of rotatable bonds is 1. The number of halogens is 2. The molecule has 0 aliphatic carbocycles. The van der Waals surface area contributed by atoms with Crippen LogP contribution in [0.25, 0.3) is 0 Å². The summed E-state index contributed by atoms with van der Waals surface area (Å²) in [5.74, 6) is 0.0811. The maximum absolute atomic E-state index is 12.3. The topological polar surface area (TPSA) is 44.1 Å². The normalized spacial score (nSPS) is 16.4. The Bertz CT molecular complexity index is 504. The van der Waals surface area contributed by atoms with Crippen LogP contribution < -0.4 is 0 Å². The number of nitriles is 1. The molecule has 0 atom stereocenters. The number of hydrogen-bond donors (Lipinski definition) is 0. The van der Waals surface area contributed by atoms with Gasteiger partial charge in [-0.1, -0.05) is 11.6 Å². The molecule has 1 aliphatic rings. The Balaban J connectivity index is 2.11. The third-order valence-corrected chi connectivity index (χ3v) is 4.02. The van der Waals surface area contributed by atoms with Crippen molar-refractivity contribution in [1.29, 1.82) is 5.26 Å². The van der Waals surface area contributed by atoms with Crippen molar-refractivity contribution in [2.75, 3.05) is 13.1 Å².